The molecule has 6 nitrogen and oxygen atoms in total. The predicted octanol–water partition coefficient (Wildman–Crippen LogP) is 4.47. The Morgan fingerprint density at radius 1 is 1.03 bits per heavy atom. The zero-order valence-electron chi connectivity index (χ0n) is 17.5. The van der Waals surface area contributed by atoms with Crippen molar-refractivity contribution < 1.29 is 9.53 Å². The summed E-state index contributed by atoms with van der Waals surface area (Å²) in [6.07, 6.45) is 0.623. The molecule has 4 rings (SSSR count). The number of fused-ring (bicyclic) bond motifs is 1. The van der Waals surface area contributed by atoms with Gasteiger partial charge in [0.1, 0.15) is 11.6 Å². The highest BCUT2D eigenvalue weighted by molar-refractivity contribution is 6.33. The number of benzene rings is 3. The van der Waals surface area contributed by atoms with Gasteiger partial charge in [0, 0.05) is 6.54 Å². The largest absolute Gasteiger partial charge is 0.497 e. The normalized spacial score (nSPS) is 10.8. The molecule has 1 amide bonds. The summed E-state index contributed by atoms with van der Waals surface area (Å²) < 4.78 is 5.21. The van der Waals surface area contributed by atoms with Crippen molar-refractivity contribution in [2.45, 2.75) is 13.0 Å². The summed E-state index contributed by atoms with van der Waals surface area (Å²) in [6, 6.07) is 21.8. The van der Waals surface area contributed by atoms with Crippen molar-refractivity contribution in [1.29, 1.82) is 0 Å². The Hall–Kier alpha value is -3.64. The number of methoxy groups -OCH3 is 1. The minimum atomic E-state index is -0.231. The van der Waals surface area contributed by atoms with Gasteiger partial charge in [0.05, 0.1) is 35.1 Å². The Bertz CT molecular complexity index is 1300. The lowest BCUT2D eigenvalue weighted by Gasteiger charge is -2.23. The van der Waals surface area contributed by atoms with Crippen LogP contribution in [0.3, 0.4) is 0 Å². The van der Waals surface area contributed by atoms with Crippen LogP contribution < -0.4 is 10.3 Å². The highest BCUT2D eigenvalue weighted by Crippen LogP contribution is 2.19. The molecule has 0 saturated heterocycles. The molecule has 1 aromatic heterocycles. The van der Waals surface area contributed by atoms with Crippen molar-refractivity contribution in [3.05, 3.63) is 105 Å². The van der Waals surface area contributed by atoms with Crippen LogP contribution in [0.5, 0.6) is 5.75 Å². The number of para-hydroxylation sites is 1. The number of aromatic amines is 1. The summed E-state index contributed by atoms with van der Waals surface area (Å²) in [5.74, 6) is 0.972. The molecule has 0 aliphatic heterocycles. The van der Waals surface area contributed by atoms with Gasteiger partial charge in [-0.1, -0.05) is 48.0 Å². The molecule has 3 aromatic carbocycles. The van der Waals surface area contributed by atoms with Crippen LogP contribution in [0.1, 0.15) is 21.7 Å². The Morgan fingerprint density at radius 3 is 2.50 bits per heavy atom. The molecule has 7 heteroatoms. The first-order valence-electron chi connectivity index (χ1n) is 10.2. The number of aromatic nitrogens is 2. The number of amides is 1. The van der Waals surface area contributed by atoms with Gasteiger partial charge in [-0.3, -0.25) is 9.59 Å². The Kier molecular flexibility index (Phi) is 6.52. The van der Waals surface area contributed by atoms with Crippen molar-refractivity contribution in [3.63, 3.8) is 0 Å². The number of rotatable bonds is 7. The minimum absolute atomic E-state index is 0.153. The third-order valence-electron chi connectivity index (χ3n) is 5.22. The van der Waals surface area contributed by atoms with Crippen LogP contribution in [0.15, 0.2) is 77.6 Å². The zero-order valence-corrected chi connectivity index (χ0v) is 18.3. The molecule has 4 aromatic rings. The second-order valence-electron chi connectivity index (χ2n) is 7.33. The molecule has 0 atom stereocenters. The summed E-state index contributed by atoms with van der Waals surface area (Å²) in [5.41, 5.74) is 1.83. The van der Waals surface area contributed by atoms with Crippen molar-refractivity contribution in [3.8, 4) is 5.75 Å². The van der Waals surface area contributed by atoms with Crippen molar-refractivity contribution in [2.24, 2.45) is 0 Å². The average Bonchev–Trinajstić information content (AvgIpc) is 2.82. The SMILES string of the molecule is COc1ccc(CCN(Cc2nc3ccccc3c(=O)[nH]2)C(=O)c2ccccc2Cl)cc1. The fourth-order valence-corrected chi connectivity index (χ4v) is 3.72. The van der Waals surface area contributed by atoms with Crippen molar-refractivity contribution in [1.82, 2.24) is 14.9 Å². The quantitative estimate of drug-likeness (QED) is 0.453. The fourth-order valence-electron chi connectivity index (χ4n) is 3.50. The standard InChI is InChI=1S/C25H22ClN3O3/c1-32-18-12-10-17(11-13-18)14-15-29(25(31)19-6-2-4-8-21(19)26)16-23-27-22-9-5-3-7-20(22)24(30)28-23/h2-13H,14-16H2,1H3,(H,27,28,30). The second kappa shape index (κ2) is 9.66. The van der Waals surface area contributed by atoms with Gasteiger partial charge in [-0.25, -0.2) is 4.98 Å². The highest BCUT2D eigenvalue weighted by atomic mass is 35.5. The molecule has 0 fully saturated rings. The van der Waals surface area contributed by atoms with Crippen LogP contribution in [0.4, 0.5) is 0 Å². The average molecular weight is 448 g/mol. The number of nitrogens with zero attached hydrogens (tertiary/aromatic N) is 2. The molecule has 162 valence electrons. The van der Waals surface area contributed by atoms with Gasteiger partial charge in [-0.2, -0.15) is 0 Å². The number of nitrogens with one attached hydrogen (secondary N) is 1. The third-order valence-corrected chi connectivity index (χ3v) is 5.55. The van der Waals surface area contributed by atoms with Crippen LogP contribution in [-0.2, 0) is 13.0 Å². The molecule has 0 radical (unpaired) electrons. The van der Waals surface area contributed by atoms with Gasteiger partial charge >= 0.3 is 0 Å². The minimum Gasteiger partial charge on any atom is -0.497 e. The van der Waals surface area contributed by atoms with Crippen LogP contribution in [0.25, 0.3) is 10.9 Å². The van der Waals surface area contributed by atoms with Crippen LogP contribution in [0, 0.1) is 0 Å². The lowest BCUT2D eigenvalue weighted by Crippen LogP contribution is -2.34. The van der Waals surface area contributed by atoms with Gasteiger partial charge in [0.25, 0.3) is 11.5 Å². The van der Waals surface area contributed by atoms with Gasteiger partial charge < -0.3 is 14.6 Å². The molecule has 0 saturated carbocycles. The van der Waals surface area contributed by atoms with Gasteiger partial charge in [0.2, 0.25) is 0 Å². The Morgan fingerprint density at radius 2 is 1.75 bits per heavy atom. The van der Waals surface area contributed by atoms with E-state index < -0.39 is 0 Å². The zero-order chi connectivity index (χ0) is 22.5. The molecule has 32 heavy (non-hydrogen) atoms. The van der Waals surface area contributed by atoms with E-state index in [4.69, 9.17) is 16.3 Å². The van der Waals surface area contributed by atoms with E-state index in [9.17, 15) is 9.59 Å². The molecular weight excluding hydrogens is 426 g/mol. The number of hydrogen-bond acceptors (Lipinski definition) is 4. The van der Waals surface area contributed by atoms with E-state index in [2.05, 4.69) is 9.97 Å². The summed E-state index contributed by atoms with van der Waals surface area (Å²) in [5, 5.41) is 0.894. The van der Waals surface area contributed by atoms with E-state index in [-0.39, 0.29) is 18.0 Å². The molecular formula is C25H22ClN3O3. The molecule has 0 spiro atoms. The first kappa shape index (κ1) is 21.6. The molecule has 0 unspecified atom stereocenters. The topological polar surface area (TPSA) is 75.3 Å². The smallest absolute Gasteiger partial charge is 0.258 e. The highest BCUT2D eigenvalue weighted by Gasteiger charge is 2.20. The van der Waals surface area contributed by atoms with E-state index in [0.717, 1.165) is 11.3 Å². The Balaban J connectivity index is 1.62. The third kappa shape index (κ3) is 4.81. The van der Waals surface area contributed by atoms with E-state index in [1.165, 1.54) is 0 Å². The van der Waals surface area contributed by atoms with Crippen molar-refractivity contribution in [2.75, 3.05) is 13.7 Å². The van der Waals surface area contributed by atoms with Crippen molar-refractivity contribution >= 4 is 28.4 Å². The van der Waals surface area contributed by atoms with E-state index in [0.29, 0.717) is 40.3 Å². The lowest BCUT2D eigenvalue weighted by molar-refractivity contribution is 0.0741. The monoisotopic (exact) mass is 447 g/mol. The van der Waals surface area contributed by atoms with Crippen LogP contribution in [0.2, 0.25) is 5.02 Å². The van der Waals surface area contributed by atoms with Gasteiger partial charge in [-0.05, 0) is 48.4 Å². The second-order valence-corrected chi connectivity index (χ2v) is 7.74. The lowest BCUT2D eigenvalue weighted by atomic mass is 10.1. The van der Waals surface area contributed by atoms with Crippen LogP contribution >= 0.6 is 11.6 Å². The van der Waals surface area contributed by atoms with E-state index in [1.54, 1.807) is 54.5 Å². The van der Waals surface area contributed by atoms with Gasteiger partial charge in [-0.15, -0.1) is 0 Å². The van der Waals surface area contributed by atoms with E-state index in [1.807, 2.05) is 30.3 Å². The molecule has 0 aliphatic rings. The number of ether oxygens (including phenoxy) is 1. The summed E-state index contributed by atoms with van der Waals surface area (Å²) >= 11 is 6.29. The van der Waals surface area contributed by atoms with Crippen LogP contribution in [-0.4, -0.2) is 34.4 Å². The van der Waals surface area contributed by atoms with E-state index >= 15 is 0 Å². The summed E-state index contributed by atoms with van der Waals surface area (Å²) in [4.78, 5) is 34.8. The predicted molar refractivity (Wildman–Crippen MR) is 125 cm³/mol. The maximum absolute atomic E-state index is 13.3. The summed E-state index contributed by atoms with van der Waals surface area (Å²) in [6.45, 7) is 0.577. The number of hydrogen-bond donors (Lipinski definition) is 1. The number of carbonyl (C=O) groups excluding carboxylic acids is 1. The number of carbonyl (C=O) groups is 1. The molecule has 1 N–H and O–H groups in total. The maximum Gasteiger partial charge on any atom is 0.258 e. The first-order chi connectivity index (χ1) is 15.5. The molecule has 1 heterocycles. The fraction of sp³-hybridized carbons (Fsp3) is 0.160. The maximum atomic E-state index is 13.3. The first-order valence-corrected chi connectivity index (χ1v) is 10.6. The number of H-pyrrole nitrogens is 1. The summed E-state index contributed by atoms with van der Waals surface area (Å²) in [7, 11) is 1.62. The molecule has 0 aliphatic carbocycles. The Labute approximate surface area is 190 Å². The molecule has 0 bridgehead atoms. The van der Waals surface area contributed by atoms with Gasteiger partial charge in [0.15, 0.2) is 0 Å². The number of halogens is 1.